The van der Waals surface area contributed by atoms with Crippen LogP contribution in [0.3, 0.4) is 0 Å². The number of allylic oxidation sites excluding steroid dienone is 1. The van der Waals surface area contributed by atoms with Crippen molar-refractivity contribution in [1.29, 1.82) is 0 Å². The van der Waals surface area contributed by atoms with E-state index in [9.17, 15) is 4.79 Å². The second-order valence-corrected chi connectivity index (χ2v) is 2.21. The zero-order valence-electron chi connectivity index (χ0n) is 5.46. The first-order valence-corrected chi connectivity index (χ1v) is 3.07. The number of hydrogen-bond donors (Lipinski definition) is 0. The van der Waals surface area contributed by atoms with Crippen LogP contribution in [-0.2, 0) is 9.53 Å². The number of carbonyl (C=O) groups is 1. The summed E-state index contributed by atoms with van der Waals surface area (Å²) in [5, 5.41) is 0. The molecule has 1 fully saturated rings. The second kappa shape index (κ2) is 2.78. The Morgan fingerprint density at radius 2 is 2.56 bits per heavy atom. The Balaban J connectivity index is 2.08. The SMILES string of the molecule is CC(=O)C/C=C/C1CO1. The molecule has 0 aliphatic carbocycles. The molecule has 2 nitrogen and oxygen atoms in total. The maximum absolute atomic E-state index is 10.4. The van der Waals surface area contributed by atoms with E-state index in [1.807, 2.05) is 12.2 Å². The summed E-state index contributed by atoms with van der Waals surface area (Å²) in [6.07, 6.45) is 4.64. The minimum absolute atomic E-state index is 0.201. The van der Waals surface area contributed by atoms with E-state index in [1.165, 1.54) is 0 Å². The number of hydrogen-bond acceptors (Lipinski definition) is 2. The van der Waals surface area contributed by atoms with Crippen molar-refractivity contribution in [3.63, 3.8) is 0 Å². The number of rotatable bonds is 3. The van der Waals surface area contributed by atoms with E-state index in [4.69, 9.17) is 4.74 Å². The van der Waals surface area contributed by atoms with Crippen LogP contribution in [-0.4, -0.2) is 18.5 Å². The maximum Gasteiger partial charge on any atom is 0.133 e. The predicted octanol–water partition coefficient (Wildman–Crippen LogP) is 0.920. The van der Waals surface area contributed by atoms with Crippen molar-refractivity contribution in [3.8, 4) is 0 Å². The van der Waals surface area contributed by atoms with Gasteiger partial charge in [0, 0.05) is 6.42 Å². The van der Waals surface area contributed by atoms with Gasteiger partial charge in [-0.2, -0.15) is 0 Å². The van der Waals surface area contributed by atoms with Crippen LogP contribution in [0.25, 0.3) is 0 Å². The van der Waals surface area contributed by atoms with Crippen LogP contribution in [0.5, 0.6) is 0 Å². The molecule has 1 rings (SSSR count). The van der Waals surface area contributed by atoms with E-state index >= 15 is 0 Å². The lowest BCUT2D eigenvalue weighted by atomic mass is 10.3. The van der Waals surface area contributed by atoms with Crippen molar-refractivity contribution >= 4 is 5.78 Å². The molecular formula is C7H10O2. The highest BCUT2D eigenvalue weighted by atomic mass is 16.6. The van der Waals surface area contributed by atoms with Crippen molar-refractivity contribution in [2.75, 3.05) is 6.61 Å². The number of Topliss-reactive ketones (excluding diaryl/α,β-unsaturated/α-hetero) is 1. The summed E-state index contributed by atoms with van der Waals surface area (Å²) >= 11 is 0. The van der Waals surface area contributed by atoms with Crippen molar-refractivity contribution in [2.24, 2.45) is 0 Å². The molecular weight excluding hydrogens is 116 g/mol. The van der Waals surface area contributed by atoms with Gasteiger partial charge in [0.15, 0.2) is 0 Å². The van der Waals surface area contributed by atoms with Gasteiger partial charge in [-0.05, 0) is 6.92 Å². The van der Waals surface area contributed by atoms with Gasteiger partial charge in [-0.15, -0.1) is 0 Å². The van der Waals surface area contributed by atoms with Crippen molar-refractivity contribution in [3.05, 3.63) is 12.2 Å². The van der Waals surface area contributed by atoms with E-state index in [2.05, 4.69) is 0 Å². The van der Waals surface area contributed by atoms with Crippen LogP contribution >= 0.6 is 0 Å². The molecule has 0 amide bonds. The third-order valence-corrected chi connectivity index (χ3v) is 1.12. The smallest absolute Gasteiger partial charge is 0.133 e. The third-order valence-electron chi connectivity index (χ3n) is 1.12. The zero-order valence-corrected chi connectivity index (χ0v) is 5.46. The molecule has 0 aromatic carbocycles. The lowest BCUT2D eigenvalue weighted by molar-refractivity contribution is -0.116. The highest BCUT2D eigenvalue weighted by molar-refractivity contribution is 5.76. The van der Waals surface area contributed by atoms with Crippen molar-refractivity contribution in [2.45, 2.75) is 19.4 Å². The summed E-state index contributed by atoms with van der Waals surface area (Å²) < 4.78 is 4.89. The van der Waals surface area contributed by atoms with Crippen LogP contribution < -0.4 is 0 Å². The number of epoxide rings is 1. The number of ether oxygens (including phenoxy) is 1. The van der Waals surface area contributed by atoms with Gasteiger partial charge in [0.1, 0.15) is 5.78 Å². The molecule has 50 valence electrons. The van der Waals surface area contributed by atoms with Gasteiger partial charge in [0.05, 0.1) is 12.7 Å². The fourth-order valence-corrected chi connectivity index (χ4v) is 0.552. The Labute approximate surface area is 54.5 Å². The van der Waals surface area contributed by atoms with Crippen LogP contribution in [0.2, 0.25) is 0 Å². The zero-order chi connectivity index (χ0) is 6.69. The molecule has 1 unspecified atom stereocenters. The van der Waals surface area contributed by atoms with Crippen molar-refractivity contribution < 1.29 is 9.53 Å². The van der Waals surface area contributed by atoms with Gasteiger partial charge in [0.25, 0.3) is 0 Å². The first-order valence-electron chi connectivity index (χ1n) is 3.07. The third kappa shape index (κ3) is 3.03. The molecule has 0 saturated carbocycles. The highest BCUT2D eigenvalue weighted by Crippen LogP contribution is 2.09. The maximum atomic E-state index is 10.4. The average Bonchev–Trinajstić information content (AvgIpc) is 2.48. The summed E-state index contributed by atoms with van der Waals surface area (Å²) in [6, 6.07) is 0. The summed E-state index contributed by atoms with van der Waals surface area (Å²) in [4.78, 5) is 10.4. The lowest BCUT2D eigenvalue weighted by Crippen LogP contribution is -1.85. The molecule has 1 atom stereocenters. The van der Waals surface area contributed by atoms with Crippen LogP contribution in [0.1, 0.15) is 13.3 Å². The quantitative estimate of drug-likeness (QED) is 0.415. The number of carbonyl (C=O) groups excluding carboxylic acids is 1. The van der Waals surface area contributed by atoms with Gasteiger partial charge in [-0.3, -0.25) is 4.79 Å². The predicted molar refractivity (Wildman–Crippen MR) is 34.2 cm³/mol. The highest BCUT2D eigenvalue weighted by Gasteiger charge is 2.17. The van der Waals surface area contributed by atoms with Gasteiger partial charge in [0.2, 0.25) is 0 Å². The summed E-state index contributed by atoms with van der Waals surface area (Å²) in [7, 11) is 0. The average molecular weight is 126 g/mol. The summed E-state index contributed by atoms with van der Waals surface area (Å²) in [5.74, 6) is 0.201. The molecule has 0 N–H and O–H groups in total. The van der Waals surface area contributed by atoms with E-state index in [1.54, 1.807) is 6.92 Å². The Hall–Kier alpha value is -0.630. The van der Waals surface area contributed by atoms with E-state index in [-0.39, 0.29) is 5.78 Å². The standard InChI is InChI=1S/C7H10O2/c1-6(8)3-2-4-7-5-9-7/h2,4,7H,3,5H2,1H3/b4-2+. The van der Waals surface area contributed by atoms with Crippen LogP contribution in [0.4, 0.5) is 0 Å². The van der Waals surface area contributed by atoms with Crippen molar-refractivity contribution in [1.82, 2.24) is 0 Å². The molecule has 1 aliphatic rings. The van der Waals surface area contributed by atoms with Gasteiger partial charge in [-0.25, -0.2) is 0 Å². The van der Waals surface area contributed by atoms with E-state index < -0.39 is 0 Å². The minimum atomic E-state index is 0.201. The van der Waals surface area contributed by atoms with Gasteiger partial charge >= 0.3 is 0 Å². The molecule has 0 bridgehead atoms. The molecule has 0 spiro atoms. The summed E-state index contributed by atoms with van der Waals surface area (Å²) in [5.41, 5.74) is 0. The topological polar surface area (TPSA) is 29.6 Å². The Morgan fingerprint density at radius 3 is 3.00 bits per heavy atom. The monoisotopic (exact) mass is 126 g/mol. The molecule has 9 heavy (non-hydrogen) atoms. The summed E-state index contributed by atoms with van der Waals surface area (Å²) in [6.45, 7) is 2.41. The fourth-order valence-electron chi connectivity index (χ4n) is 0.552. The Kier molecular flexibility index (Phi) is 2.01. The molecule has 0 aromatic heterocycles. The van der Waals surface area contributed by atoms with Crippen LogP contribution in [0, 0.1) is 0 Å². The lowest BCUT2D eigenvalue weighted by Gasteiger charge is -1.80. The normalized spacial score (nSPS) is 24.8. The van der Waals surface area contributed by atoms with Crippen LogP contribution in [0.15, 0.2) is 12.2 Å². The molecule has 0 aromatic rings. The fraction of sp³-hybridized carbons (Fsp3) is 0.571. The van der Waals surface area contributed by atoms with Gasteiger partial charge < -0.3 is 4.74 Å². The Morgan fingerprint density at radius 1 is 1.89 bits per heavy atom. The largest absolute Gasteiger partial charge is 0.369 e. The van der Waals surface area contributed by atoms with Gasteiger partial charge in [-0.1, -0.05) is 12.2 Å². The minimum Gasteiger partial charge on any atom is -0.369 e. The molecule has 2 heteroatoms. The molecule has 1 aliphatic heterocycles. The second-order valence-electron chi connectivity index (χ2n) is 2.21. The van der Waals surface area contributed by atoms with E-state index in [0.717, 1.165) is 6.61 Å². The Bertz CT molecular complexity index is 134. The van der Waals surface area contributed by atoms with E-state index in [0.29, 0.717) is 12.5 Å². The molecule has 1 saturated heterocycles. The molecule has 1 heterocycles. The first-order chi connectivity index (χ1) is 4.29. The number of ketones is 1. The molecule has 0 radical (unpaired) electrons. The first kappa shape index (κ1) is 6.49.